The summed E-state index contributed by atoms with van der Waals surface area (Å²) in [6, 6.07) is 18.3. The zero-order valence-corrected chi connectivity index (χ0v) is 16.6. The van der Waals surface area contributed by atoms with Gasteiger partial charge in [0.05, 0.1) is 17.6 Å². The van der Waals surface area contributed by atoms with Gasteiger partial charge in [0.25, 0.3) is 5.91 Å². The molecule has 3 aromatic rings. The lowest BCUT2D eigenvalue weighted by Gasteiger charge is -2.11. The van der Waals surface area contributed by atoms with Gasteiger partial charge in [-0.2, -0.15) is 5.26 Å². The Labute approximate surface area is 177 Å². The van der Waals surface area contributed by atoms with E-state index >= 15 is 0 Å². The summed E-state index contributed by atoms with van der Waals surface area (Å²) in [6.45, 7) is 0.298. The van der Waals surface area contributed by atoms with Crippen LogP contribution in [0.15, 0.2) is 65.8 Å². The molecule has 2 heterocycles. The predicted octanol–water partition coefficient (Wildman–Crippen LogP) is 3.11. The van der Waals surface area contributed by atoms with Crippen LogP contribution in [0.25, 0.3) is 0 Å². The van der Waals surface area contributed by atoms with Crippen molar-refractivity contribution in [1.82, 2.24) is 15.3 Å². The molecule has 0 spiro atoms. The highest BCUT2D eigenvalue weighted by atomic mass is 32.2. The second kappa shape index (κ2) is 8.76. The Balaban J connectivity index is 1.39. The minimum absolute atomic E-state index is 0.157. The van der Waals surface area contributed by atoms with E-state index in [9.17, 15) is 9.59 Å². The molecule has 0 aliphatic carbocycles. The van der Waals surface area contributed by atoms with E-state index < -0.39 is 0 Å². The molecule has 0 saturated carbocycles. The second-order valence-corrected chi connectivity index (χ2v) is 7.73. The van der Waals surface area contributed by atoms with E-state index in [1.54, 1.807) is 36.0 Å². The van der Waals surface area contributed by atoms with Gasteiger partial charge in [-0.1, -0.05) is 30.3 Å². The molecule has 4 rings (SSSR count). The van der Waals surface area contributed by atoms with E-state index in [-0.39, 0.29) is 29.2 Å². The van der Waals surface area contributed by atoms with Crippen LogP contribution < -0.4 is 10.6 Å². The number of benzene rings is 2. The maximum absolute atomic E-state index is 12.7. The summed E-state index contributed by atoms with van der Waals surface area (Å²) in [5, 5.41) is 14.4. The summed E-state index contributed by atoms with van der Waals surface area (Å²) < 4.78 is 0. The maximum atomic E-state index is 12.7. The third-order valence-corrected chi connectivity index (χ3v) is 5.89. The number of anilines is 1. The normalized spacial score (nSPS) is 14.4. The van der Waals surface area contributed by atoms with Crippen LogP contribution in [0.1, 0.15) is 33.1 Å². The molecule has 0 bridgehead atoms. The predicted molar refractivity (Wildman–Crippen MR) is 113 cm³/mol. The number of nitriles is 1. The first-order chi connectivity index (χ1) is 14.6. The summed E-state index contributed by atoms with van der Waals surface area (Å²) in [7, 11) is 0. The van der Waals surface area contributed by atoms with E-state index in [1.165, 1.54) is 12.4 Å². The summed E-state index contributed by atoms with van der Waals surface area (Å²) in [5.74, 6) is 0.172. The molecule has 7 nitrogen and oxygen atoms in total. The van der Waals surface area contributed by atoms with Gasteiger partial charge in [0.15, 0.2) is 0 Å². The second-order valence-electron chi connectivity index (χ2n) is 6.67. The summed E-state index contributed by atoms with van der Waals surface area (Å²) in [4.78, 5) is 34.3. The Bertz CT molecular complexity index is 1140. The van der Waals surface area contributed by atoms with Crippen LogP contribution in [-0.2, 0) is 11.3 Å². The molecule has 1 unspecified atom stereocenters. The number of nitrogens with one attached hydrogen (secondary N) is 2. The fourth-order valence-electron chi connectivity index (χ4n) is 3.11. The third kappa shape index (κ3) is 4.31. The van der Waals surface area contributed by atoms with E-state index in [1.807, 2.05) is 24.3 Å². The summed E-state index contributed by atoms with van der Waals surface area (Å²) in [5.41, 5.74) is 2.59. The SMILES string of the molecule is N#Cc1ccc(CNC(=O)c2cc(NC(=O)C3CSc4ccccc43)ncn2)cc1. The Morgan fingerprint density at radius 3 is 2.73 bits per heavy atom. The molecule has 1 aromatic heterocycles. The van der Waals surface area contributed by atoms with Gasteiger partial charge >= 0.3 is 0 Å². The molecule has 0 radical (unpaired) electrons. The minimum Gasteiger partial charge on any atom is -0.347 e. The van der Waals surface area contributed by atoms with Gasteiger partial charge in [-0.25, -0.2) is 9.97 Å². The van der Waals surface area contributed by atoms with Crippen molar-refractivity contribution >= 4 is 29.4 Å². The maximum Gasteiger partial charge on any atom is 0.270 e. The number of nitrogens with zero attached hydrogens (tertiary/aromatic N) is 3. The van der Waals surface area contributed by atoms with Crippen LogP contribution in [0, 0.1) is 11.3 Å². The number of hydrogen-bond donors (Lipinski definition) is 2. The topological polar surface area (TPSA) is 108 Å². The quantitative estimate of drug-likeness (QED) is 0.663. The minimum atomic E-state index is -0.376. The number of fused-ring (bicyclic) bond motifs is 1. The van der Waals surface area contributed by atoms with E-state index in [2.05, 4.69) is 26.7 Å². The van der Waals surface area contributed by atoms with E-state index in [0.717, 1.165) is 16.0 Å². The first-order valence-electron chi connectivity index (χ1n) is 9.26. The van der Waals surface area contributed by atoms with Crippen molar-refractivity contribution in [3.8, 4) is 6.07 Å². The Morgan fingerprint density at radius 2 is 1.93 bits per heavy atom. The molecule has 2 amide bonds. The summed E-state index contributed by atoms with van der Waals surface area (Å²) in [6.07, 6.45) is 1.25. The molecule has 2 aromatic carbocycles. The van der Waals surface area contributed by atoms with Crippen LogP contribution in [0.4, 0.5) is 5.82 Å². The Morgan fingerprint density at radius 1 is 1.13 bits per heavy atom. The molecule has 1 aliphatic rings. The average molecular weight is 415 g/mol. The number of thioether (sulfide) groups is 1. The first kappa shape index (κ1) is 19.6. The lowest BCUT2D eigenvalue weighted by molar-refractivity contribution is -0.117. The van der Waals surface area contributed by atoms with Crippen molar-refractivity contribution in [2.75, 3.05) is 11.1 Å². The molecule has 2 N–H and O–H groups in total. The fourth-order valence-corrected chi connectivity index (χ4v) is 4.34. The highest BCUT2D eigenvalue weighted by Gasteiger charge is 2.29. The molecule has 1 aliphatic heterocycles. The Kier molecular flexibility index (Phi) is 5.72. The van der Waals surface area contributed by atoms with Gasteiger partial charge in [-0.3, -0.25) is 9.59 Å². The van der Waals surface area contributed by atoms with Gasteiger partial charge in [0.1, 0.15) is 17.8 Å². The number of amides is 2. The van der Waals surface area contributed by atoms with Crippen molar-refractivity contribution in [3.05, 3.63) is 83.3 Å². The largest absolute Gasteiger partial charge is 0.347 e. The van der Waals surface area contributed by atoms with E-state index in [4.69, 9.17) is 5.26 Å². The number of aromatic nitrogens is 2. The molecule has 30 heavy (non-hydrogen) atoms. The fraction of sp³-hybridized carbons (Fsp3) is 0.136. The standard InChI is InChI=1S/C22H17N5O2S/c23-10-14-5-7-15(8-6-14)11-24-22(29)18-9-20(26-13-25-18)27-21(28)17-12-30-19-4-2-1-3-16(17)19/h1-9,13,17H,11-12H2,(H,24,29)(H,25,26,27,28). The van der Waals surface area contributed by atoms with Crippen LogP contribution in [0.3, 0.4) is 0 Å². The Hall–Kier alpha value is -3.70. The van der Waals surface area contributed by atoms with Gasteiger partial charge in [-0.05, 0) is 29.3 Å². The van der Waals surface area contributed by atoms with Crippen LogP contribution in [0.2, 0.25) is 0 Å². The molecule has 0 fully saturated rings. The highest BCUT2D eigenvalue weighted by molar-refractivity contribution is 7.99. The van der Waals surface area contributed by atoms with Crippen LogP contribution in [-0.4, -0.2) is 27.5 Å². The van der Waals surface area contributed by atoms with Crippen LogP contribution >= 0.6 is 11.8 Å². The lowest BCUT2D eigenvalue weighted by atomic mass is 10.0. The molecule has 0 saturated heterocycles. The van der Waals surface area contributed by atoms with E-state index in [0.29, 0.717) is 17.9 Å². The number of carbonyl (C=O) groups excluding carboxylic acids is 2. The summed E-state index contributed by atoms with van der Waals surface area (Å²) >= 11 is 1.65. The van der Waals surface area contributed by atoms with Crippen molar-refractivity contribution < 1.29 is 9.59 Å². The number of carbonyl (C=O) groups is 2. The van der Waals surface area contributed by atoms with Gasteiger partial charge in [0.2, 0.25) is 5.91 Å². The molecule has 148 valence electrons. The highest BCUT2D eigenvalue weighted by Crippen LogP contribution is 2.39. The number of hydrogen-bond acceptors (Lipinski definition) is 6. The third-order valence-electron chi connectivity index (χ3n) is 4.70. The first-order valence-corrected chi connectivity index (χ1v) is 10.2. The van der Waals surface area contributed by atoms with Crippen molar-refractivity contribution in [1.29, 1.82) is 5.26 Å². The smallest absolute Gasteiger partial charge is 0.270 e. The zero-order valence-electron chi connectivity index (χ0n) is 15.8. The lowest BCUT2D eigenvalue weighted by Crippen LogP contribution is -2.25. The van der Waals surface area contributed by atoms with Crippen LogP contribution in [0.5, 0.6) is 0 Å². The monoisotopic (exact) mass is 415 g/mol. The molecular weight excluding hydrogens is 398 g/mol. The van der Waals surface area contributed by atoms with Gasteiger partial charge < -0.3 is 10.6 Å². The molecule has 8 heteroatoms. The van der Waals surface area contributed by atoms with Crippen molar-refractivity contribution in [3.63, 3.8) is 0 Å². The van der Waals surface area contributed by atoms with Crippen molar-refractivity contribution in [2.24, 2.45) is 0 Å². The van der Waals surface area contributed by atoms with Gasteiger partial charge in [0, 0.05) is 23.3 Å². The molecular formula is C22H17N5O2S. The number of rotatable bonds is 5. The zero-order chi connectivity index (χ0) is 20.9. The van der Waals surface area contributed by atoms with Gasteiger partial charge in [-0.15, -0.1) is 11.8 Å². The van der Waals surface area contributed by atoms with Crippen molar-refractivity contribution in [2.45, 2.75) is 17.4 Å². The average Bonchev–Trinajstić information content (AvgIpc) is 3.22. The molecule has 1 atom stereocenters.